The summed E-state index contributed by atoms with van der Waals surface area (Å²) in [4.78, 5) is 1.88. The maximum atomic E-state index is 12.9. The van der Waals surface area contributed by atoms with Gasteiger partial charge in [-0.1, -0.05) is 0 Å². The first-order valence-electron chi connectivity index (χ1n) is 4.54. The van der Waals surface area contributed by atoms with Crippen LogP contribution in [-0.2, 0) is 0 Å². The molecule has 0 spiro atoms. The lowest BCUT2D eigenvalue weighted by atomic mass is 9.97. The van der Waals surface area contributed by atoms with Crippen LogP contribution >= 0.6 is 0 Å². The van der Waals surface area contributed by atoms with Crippen LogP contribution in [0.5, 0.6) is 0 Å². The van der Waals surface area contributed by atoms with Crippen LogP contribution < -0.4 is 0 Å². The normalized spacial score (nSPS) is 30.5. The highest BCUT2D eigenvalue weighted by atomic mass is 19.3. The second kappa shape index (κ2) is 3.17. The van der Waals surface area contributed by atoms with E-state index in [1.54, 1.807) is 0 Å². The molecule has 1 unspecified atom stereocenters. The van der Waals surface area contributed by atoms with Crippen molar-refractivity contribution in [3.63, 3.8) is 0 Å². The van der Waals surface area contributed by atoms with Gasteiger partial charge in [0, 0.05) is 25.0 Å². The number of rotatable bonds is 0. The Morgan fingerprint density at radius 3 is 2.31 bits per heavy atom. The molecule has 0 aliphatic carbocycles. The average Bonchev–Trinajstić information content (AvgIpc) is 1.92. The molecule has 1 aliphatic heterocycles. The third-order valence-corrected chi connectivity index (χ3v) is 2.54. The number of hydrogen-bond acceptors (Lipinski definition) is 2. The molecule has 1 rings (SSSR count). The summed E-state index contributed by atoms with van der Waals surface area (Å²) >= 11 is 0. The van der Waals surface area contributed by atoms with Crippen molar-refractivity contribution in [1.82, 2.24) is 4.90 Å². The summed E-state index contributed by atoms with van der Waals surface area (Å²) in [6.45, 7) is 6.31. The molecular weight excluding hydrogens is 176 g/mol. The molecule has 78 valence electrons. The molecule has 1 fully saturated rings. The number of halogens is 2. The van der Waals surface area contributed by atoms with Crippen LogP contribution in [0.1, 0.15) is 27.2 Å². The maximum absolute atomic E-state index is 12.9. The summed E-state index contributed by atoms with van der Waals surface area (Å²) in [5.41, 5.74) is -0.141. The molecule has 0 aromatic heterocycles. The second-order valence-electron chi connectivity index (χ2n) is 4.64. The maximum Gasteiger partial charge on any atom is 0.275 e. The summed E-state index contributed by atoms with van der Waals surface area (Å²) in [5.74, 6) is -2.90. The standard InChI is InChI=1S/C9H17F2NO/c1-8(2,3)12-5-4-9(10,11)7(13)6-12/h7,13H,4-6H2,1-3H3. The van der Waals surface area contributed by atoms with Crippen LogP contribution in [0.2, 0.25) is 0 Å². The quantitative estimate of drug-likeness (QED) is 0.630. The minimum absolute atomic E-state index is 0.0660. The monoisotopic (exact) mass is 193 g/mol. The molecule has 1 saturated heterocycles. The highest BCUT2D eigenvalue weighted by molar-refractivity contribution is 4.90. The Kier molecular flexibility index (Phi) is 2.65. The van der Waals surface area contributed by atoms with E-state index in [1.165, 1.54) is 0 Å². The summed E-state index contributed by atoms with van der Waals surface area (Å²) < 4.78 is 25.8. The molecule has 13 heavy (non-hydrogen) atoms. The van der Waals surface area contributed by atoms with E-state index in [2.05, 4.69) is 0 Å². The molecule has 2 nitrogen and oxygen atoms in total. The van der Waals surface area contributed by atoms with Gasteiger partial charge >= 0.3 is 0 Å². The zero-order valence-corrected chi connectivity index (χ0v) is 8.35. The van der Waals surface area contributed by atoms with Crippen LogP contribution in [0.4, 0.5) is 8.78 Å². The van der Waals surface area contributed by atoms with Gasteiger partial charge in [-0.15, -0.1) is 0 Å². The zero-order chi connectivity index (χ0) is 10.3. The van der Waals surface area contributed by atoms with Crippen molar-refractivity contribution in [3.05, 3.63) is 0 Å². The van der Waals surface area contributed by atoms with Gasteiger partial charge in [0.2, 0.25) is 0 Å². The molecule has 0 radical (unpaired) electrons. The van der Waals surface area contributed by atoms with E-state index >= 15 is 0 Å². The number of β-amino-alcohol motifs (C(OH)–C–C–N with tert-alkyl or cyclic N) is 1. The Hall–Kier alpha value is -0.220. The summed E-state index contributed by atoms with van der Waals surface area (Å²) in [7, 11) is 0. The van der Waals surface area contributed by atoms with Gasteiger partial charge in [-0.05, 0) is 20.8 Å². The van der Waals surface area contributed by atoms with Crippen molar-refractivity contribution in [2.24, 2.45) is 0 Å². The molecule has 1 N–H and O–H groups in total. The van der Waals surface area contributed by atoms with Gasteiger partial charge in [0.15, 0.2) is 0 Å². The number of piperidine rings is 1. The van der Waals surface area contributed by atoms with Crippen LogP contribution in [0.3, 0.4) is 0 Å². The number of aliphatic hydroxyl groups excluding tert-OH is 1. The molecule has 0 amide bonds. The molecule has 0 aromatic rings. The van der Waals surface area contributed by atoms with E-state index < -0.39 is 12.0 Å². The van der Waals surface area contributed by atoms with Gasteiger partial charge in [0.25, 0.3) is 5.92 Å². The lowest BCUT2D eigenvalue weighted by molar-refractivity contribution is -0.158. The van der Waals surface area contributed by atoms with Gasteiger partial charge in [-0.2, -0.15) is 0 Å². The van der Waals surface area contributed by atoms with Crippen molar-refractivity contribution in [2.75, 3.05) is 13.1 Å². The Labute approximate surface area is 77.5 Å². The predicted molar refractivity (Wildman–Crippen MR) is 46.9 cm³/mol. The topological polar surface area (TPSA) is 23.5 Å². The first kappa shape index (κ1) is 10.9. The Balaban J connectivity index is 2.61. The minimum atomic E-state index is -2.90. The number of nitrogens with zero attached hydrogens (tertiary/aromatic N) is 1. The van der Waals surface area contributed by atoms with Crippen LogP contribution in [0.25, 0.3) is 0 Å². The van der Waals surface area contributed by atoms with Crippen LogP contribution in [-0.4, -0.2) is 40.7 Å². The summed E-state index contributed by atoms with van der Waals surface area (Å²) in [6, 6.07) is 0. The summed E-state index contributed by atoms with van der Waals surface area (Å²) in [5, 5.41) is 9.18. The predicted octanol–water partition coefficient (Wildman–Crippen LogP) is 1.49. The number of alkyl halides is 2. The van der Waals surface area contributed by atoms with Gasteiger partial charge in [-0.3, -0.25) is 4.90 Å². The zero-order valence-electron chi connectivity index (χ0n) is 8.35. The lowest BCUT2D eigenvalue weighted by Gasteiger charge is -2.42. The molecule has 1 aliphatic rings. The van der Waals surface area contributed by atoms with E-state index in [-0.39, 0.29) is 18.5 Å². The Bertz CT molecular complexity index is 189. The van der Waals surface area contributed by atoms with E-state index in [9.17, 15) is 13.9 Å². The smallest absolute Gasteiger partial charge is 0.275 e. The molecule has 1 atom stereocenters. The molecule has 0 bridgehead atoms. The fraction of sp³-hybridized carbons (Fsp3) is 1.00. The lowest BCUT2D eigenvalue weighted by Crippen LogP contribution is -2.56. The van der Waals surface area contributed by atoms with Crippen LogP contribution in [0.15, 0.2) is 0 Å². The van der Waals surface area contributed by atoms with Crippen molar-refractivity contribution in [1.29, 1.82) is 0 Å². The van der Waals surface area contributed by atoms with Gasteiger partial charge < -0.3 is 5.11 Å². The largest absolute Gasteiger partial charge is 0.386 e. The van der Waals surface area contributed by atoms with E-state index in [0.717, 1.165) is 0 Å². The van der Waals surface area contributed by atoms with Crippen molar-refractivity contribution in [3.8, 4) is 0 Å². The number of hydrogen-bond donors (Lipinski definition) is 1. The SMILES string of the molecule is CC(C)(C)N1CCC(F)(F)C(O)C1. The Morgan fingerprint density at radius 2 is 1.92 bits per heavy atom. The second-order valence-corrected chi connectivity index (χ2v) is 4.64. The highest BCUT2D eigenvalue weighted by Gasteiger charge is 2.44. The molecule has 1 heterocycles. The van der Waals surface area contributed by atoms with Gasteiger partial charge in [-0.25, -0.2) is 8.78 Å². The minimum Gasteiger partial charge on any atom is -0.386 e. The number of aliphatic hydroxyl groups is 1. The Morgan fingerprint density at radius 1 is 1.38 bits per heavy atom. The highest BCUT2D eigenvalue weighted by Crippen LogP contribution is 2.31. The molecule has 0 aromatic carbocycles. The third-order valence-electron chi connectivity index (χ3n) is 2.54. The first-order chi connectivity index (χ1) is 5.73. The molecule has 4 heteroatoms. The molecule has 0 saturated carbocycles. The third kappa shape index (κ3) is 2.38. The van der Waals surface area contributed by atoms with Crippen molar-refractivity contribution >= 4 is 0 Å². The van der Waals surface area contributed by atoms with E-state index in [4.69, 9.17) is 0 Å². The van der Waals surface area contributed by atoms with Crippen molar-refractivity contribution in [2.45, 2.75) is 44.8 Å². The fourth-order valence-corrected chi connectivity index (χ4v) is 1.49. The number of likely N-dealkylation sites (tertiary alicyclic amines) is 1. The molecular formula is C9H17F2NO. The van der Waals surface area contributed by atoms with E-state index in [1.807, 2.05) is 25.7 Å². The van der Waals surface area contributed by atoms with E-state index in [0.29, 0.717) is 6.54 Å². The van der Waals surface area contributed by atoms with Crippen LogP contribution in [0, 0.1) is 0 Å². The first-order valence-corrected chi connectivity index (χ1v) is 4.54. The fourth-order valence-electron chi connectivity index (χ4n) is 1.49. The van der Waals surface area contributed by atoms with Gasteiger partial charge in [0.1, 0.15) is 6.10 Å². The van der Waals surface area contributed by atoms with Crippen molar-refractivity contribution < 1.29 is 13.9 Å². The summed E-state index contributed by atoms with van der Waals surface area (Å²) in [6.07, 6.45) is -1.76. The average molecular weight is 193 g/mol. The van der Waals surface area contributed by atoms with Gasteiger partial charge in [0.05, 0.1) is 0 Å².